The molecule has 0 bridgehead atoms. The van der Waals surface area contributed by atoms with E-state index in [4.69, 9.17) is 10.7 Å². The first kappa shape index (κ1) is 19.0. The third-order valence-electron chi connectivity index (χ3n) is 5.02. The highest BCUT2D eigenvalue weighted by Gasteiger charge is 2.25. The molecule has 144 valence electrons. The molecule has 1 aliphatic rings. The highest BCUT2D eigenvalue weighted by Crippen LogP contribution is 2.29. The number of aromatic nitrogens is 5. The van der Waals surface area contributed by atoms with Crippen molar-refractivity contribution in [3.63, 3.8) is 0 Å². The van der Waals surface area contributed by atoms with Gasteiger partial charge in [0.25, 0.3) is 0 Å². The number of nitrogens with two attached hydrogens (primary N) is 1. The Morgan fingerprint density at radius 3 is 2.74 bits per heavy atom. The second kappa shape index (κ2) is 8.30. The van der Waals surface area contributed by atoms with Crippen LogP contribution in [-0.2, 0) is 0 Å². The molecule has 8 nitrogen and oxygen atoms in total. The average Bonchev–Trinajstić information content (AvgIpc) is 3.38. The van der Waals surface area contributed by atoms with E-state index in [1.807, 2.05) is 33.2 Å². The molecule has 0 saturated carbocycles. The second-order valence-electron chi connectivity index (χ2n) is 6.49. The highest BCUT2D eigenvalue weighted by atomic mass is 15.3. The smallest absolute Gasteiger partial charge is 0.165 e. The zero-order valence-electron chi connectivity index (χ0n) is 16.4. The van der Waals surface area contributed by atoms with Gasteiger partial charge in [0.05, 0.1) is 18.1 Å². The Balaban J connectivity index is 0.00000102. The zero-order valence-corrected chi connectivity index (χ0v) is 16.4. The molecule has 0 spiro atoms. The van der Waals surface area contributed by atoms with Crippen molar-refractivity contribution in [2.75, 3.05) is 19.3 Å². The lowest BCUT2D eigenvalue weighted by Crippen LogP contribution is -2.42. The fraction of sp³-hybridized carbons (Fsp3) is 0.474. The fourth-order valence-electron chi connectivity index (χ4n) is 3.44. The van der Waals surface area contributed by atoms with E-state index in [0.29, 0.717) is 17.8 Å². The van der Waals surface area contributed by atoms with Gasteiger partial charge in [0.1, 0.15) is 5.82 Å². The van der Waals surface area contributed by atoms with Crippen molar-refractivity contribution in [1.29, 1.82) is 0 Å². The summed E-state index contributed by atoms with van der Waals surface area (Å²) < 4.78 is 1.68. The number of aromatic amines is 1. The largest absolute Gasteiger partial charge is 0.384 e. The Morgan fingerprint density at radius 2 is 2.11 bits per heavy atom. The van der Waals surface area contributed by atoms with E-state index in [9.17, 15) is 0 Å². The number of aliphatic imine (C=N–C) groups is 1. The van der Waals surface area contributed by atoms with Gasteiger partial charge < -0.3 is 11.1 Å². The molecule has 8 heteroatoms. The molecule has 27 heavy (non-hydrogen) atoms. The first-order valence-corrected chi connectivity index (χ1v) is 9.47. The van der Waals surface area contributed by atoms with Crippen molar-refractivity contribution >= 4 is 17.2 Å². The third-order valence-corrected chi connectivity index (χ3v) is 5.02. The predicted octanol–water partition coefficient (Wildman–Crippen LogP) is 2.65. The summed E-state index contributed by atoms with van der Waals surface area (Å²) in [6.07, 6.45) is 7.49. The molecule has 0 aromatic carbocycles. The summed E-state index contributed by atoms with van der Waals surface area (Å²) in [7, 11) is 1.84. The second-order valence-corrected chi connectivity index (χ2v) is 6.49. The Labute approximate surface area is 159 Å². The monoisotopic (exact) mass is 368 g/mol. The van der Waals surface area contributed by atoms with Crippen LogP contribution in [0.5, 0.6) is 0 Å². The van der Waals surface area contributed by atoms with Gasteiger partial charge in [0.15, 0.2) is 5.65 Å². The zero-order chi connectivity index (χ0) is 19.4. The molecule has 3 aromatic heterocycles. The van der Waals surface area contributed by atoms with Gasteiger partial charge >= 0.3 is 0 Å². The van der Waals surface area contributed by atoms with Crippen LogP contribution < -0.4 is 11.1 Å². The van der Waals surface area contributed by atoms with Gasteiger partial charge in [-0.3, -0.25) is 10.1 Å². The number of piperidine rings is 1. The average molecular weight is 368 g/mol. The van der Waals surface area contributed by atoms with Gasteiger partial charge in [-0.2, -0.15) is 14.7 Å². The molecular formula is C19H28N8. The number of hydrogen-bond acceptors (Lipinski definition) is 6. The van der Waals surface area contributed by atoms with E-state index in [1.165, 1.54) is 0 Å². The first-order valence-electron chi connectivity index (χ1n) is 9.47. The summed E-state index contributed by atoms with van der Waals surface area (Å²) in [5, 5.41) is 14.8. The minimum absolute atomic E-state index is 0.334. The summed E-state index contributed by atoms with van der Waals surface area (Å²) in [5.41, 5.74) is 11.0. The minimum atomic E-state index is 0.334. The number of nitrogen functional groups attached to an aromatic ring is 1. The molecule has 1 aliphatic heterocycles. The van der Waals surface area contributed by atoms with E-state index >= 15 is 0 Å². The predicted molar refractivity (Wildman–Crippen MR) is 109 cm³/mol. The van der Waals surface area contributed by atoms with E-state index in [2.05, 4.69) is 32.5 Å². The van der Waals surface area contributed by atoms with Crippen LogP contribution in [0.2, 0.25) is 0 Å². The van der Waals surface area contributed by atoms with E-state index in [1.54, 1.807) is 16.9 Å². The number of anilines is 1. The Morgan fingerprint density at radius 1 is 1.30 bits per heavy atom. The molecule has 2 atom stereocenters. The van der Waals surface area contributed by atoms with E-state index < -0.39 is 0 Å². The van der Waals surface area contributed by atoms with Gasteiger partial charge in [-0.05, 0) is 19.8 Å². The summed E-state index contributed by atoms with van der Waals surface area (Å²) in [5.74, 6) is 0.934. The number of H-pyrrole nitrogens is 1. The van der Waals surface area contributed by atoms with Gasteiger partial charge in [0.2, 0.25) is 0 Å². The van der Waals surface area contributed by atoms with E-state index in [0.717, 1.165) is 47.6 Å². The molecule has 4 heterocycles. The third kappa shape index (κ3) is 3.71. The lowest BCUT2D eigenvalue weighted by molar-refractivity contribution is 0.416. The van der Waals surface area contributed by atoms with Crippen LogP contribution in [0.1, 0.15) is 45.2 Å². The van der Waals surface area contributed by atoms with Crippen LogP contribution in [0.15, 0.2) is 29.6 Å². The normalized spacial score (nSPS) is 20.4. The molecule has 4 N–H and O–H groups in total. The highest BCUT2D eigenvalue weighted by molar-refractivity contribution is 5.87. The van der Waals surface area contributed by atoms with Gasteiger partial charge in [-0.25, -0.2) is 4.98 Å². The van der Waals surface area contributed by atoms with Crippen LogP contribution in [0.25, 0.3) is 16.8 Å². The Bertz CT molecular complexity index is 901. The van der Waals surface area contributed by atoms with Crippen LogP contribution in [-0.4, -0.2) is 50.1 Å². The maximum absolute atomic E-state index is 6.22. The Hall–Kier alpha value is -2.74. The van der Waals surface area contributed by atoms with Gasteiger partial charge in [0, 0.05) is 54.7 Å². The molecule has 0 radical (unpaired) electrons. The molecule has 3 aromatic rings. The number of nitrogens with one attached hydrogen (secondary N) is 2. The van der Waals surface area contributed by atoms with Crippen LogP contribution in [0, 0.1) is 0 Å². The molecule has 0 aliphatic carbocycles. The van der Waals surface area contributed by atoms with Crippen molar-refractivity contribution in [1.82, 2.24) is 30.1 Å². The molecular weight excluding hydrogens is 340 g/mol. The quantitative estimate of drug-likeness (QED) is 0.616. The topological polar surface area (TPSA) is 109 Å². The molecule has 2 unspecified atom stereocenters. The lowest BCUT2D eigenvalue weighted by atomic mass is 9.90. The number of nitrogens with zero attached hydrogens (tertiary/aromatic N) is 5. The van der Waals surface area contributed by atoms with Crippen molar-refractivity contribution in [3.8, 4) is 11.1 Å². The van der Waals surface area contributed by atoms with Crippen molar-refractivity contribution in [2.45, 2.75) is 45.6 Å². The summed E-state index contributed by atoms with van der Waals surface area (Å²) in [6, 6.07) is 2.30. The first-order chi connectivity index (χ1) is 13.2. The maximum Gasteiger partial charge on any atom is 0.165 e. The van der Waals surface area contributed by atoms with Crippen LogP contribution >= 0.6 is 0 Å². The number of rotatable bonds is 3. The molecule has 1 saturated heterocycles. The van der Waals surface area contributed by atoms with Crippen molar-refractivity contribution < 1.29 is 0 Å². The van der Waals surface area contributed by atoms with Gasteiger partial charge in [-0.1, -0.05) is 13.8 Å². The SMILES string of the molecule is CC.CN=C(C)C1CCC(c2cc(N)n3ncc(-c4cn[nH]c4)c3n2)CN1. The van der Waals surface area contributed by atoms with Crippen LogP contribution in [0.3, 0.4) is 0 Å². The Kier molecular flexibility index (Phi) is 5.85. The molecule has 0 amide bonds. The maximum atomic E-state index is 6.22. The van der Waals surface area contributed by atoms with E-state index in [-0.39, 0.29) is 0 Å². The number of hydrogen-bond donors (Lipinski definition) is 3. The number of fused-ring (bicyclic) bond motifs is 1. The lowest BCUT2D eigenvalue weighted by Gasteiger charge is -2.29. The minimum Gasteiger partial charge on any atom is -0.384 e. The molecule has 4 rings (SSSR count). The summed E-state index contributed by atoms with van der Waals surface area (Å²) >= 11 is 0. The molecule has 1 fully saturated rings. The van der Waals surface area contributed by atoms with Crippen molar-refractivity contribution in [2.24, 2.45) is 4.99 Å². The standard InChI is InChI=1S/C17H22N8.C2H6/c1-10(19-2)14-4-3-11(6-20-14)15-5-16(18)25-17(24-15)13(9-23-25)12-7-21-22-8-12;1-2/h5,7-9,11,14,20H,3-4,6,18H2,1-2H3,(H,21,22);1-2H3. The van der Waals surface area contributed by atoms with Gasteiger partial charge in [-0.15, -0.1) is 0 Å². The fourth-order valence-corrected chi connectivity index (χ4v) is 3.44. The summed E-state index contributed by atoms with van der Waals surface area (Å²) in [6.45, 7) is 6.94. The van der Waals surface area contributed by atoms with Crippen molar-refractivity contribution in [3.05, 3.63) is 30.4 Å². The summed E-state index contributed by atoms with van der Waals surface area (Å²) in [4.78, 5) is 9.17. The van der Waals surface area contributed by atoms with Crippen LogP contribution in [0.4, 0.5) is 5.82 Å².